The van der Waals surface area contributed by atoms with Crippen LogP contribution >= 0.6 is 0 Å². The molecule has 1 atom stereocenters. The molecular weight excluding hydrogens is 254 g/mol. The molecule has 2 rings (SSSR count). The number of carbonyl (C=O) groups is 2. The van der Waals surface area contributed by atoms with Crippen molar-refractivity contribution in [1.29, 1.82) is 0 Å². The fraction of sp³-hybridized carbons (Fsp3) is 0.333. The number of piperidine rings is 1. The van der Waals surface area contributed by atoms with Crippen LogP contribution in [0.2, 0.25) is 0 Å². The summed E-state index contributed by atoms with van der Waals surface area (Å²) in [5.74, 6) is -0.149. The predicted octanol–water partition coefficient (Wildman–Crippen LogP) is 0.798. The van der Waals surface area contributed by atoms with Crippen LogP contribution in [0.5, 0.6) is 0 Å². The van der Waals surface area contributed by atoms with Crippen molar-refractivity contribution in [2.24, 2.45) is 0 Å². The number of hydrogen-bond donors (Lipinski definition) is 3. The van der Waals surface area contributed by atoms with Gasteiger partial charge in [-0.05, 0) is 25.0 Å². The molecule has 5 nitrogen and oxygen atoms in total. The van der Waals surface area contributed by atoms with Crippen molar-refractivity contribution >= 4 is 11.8 Å². The van der Waals surface area contributed by atoms with E-state index in [-0.39, 0.29) is 17.9 Å². The lowest BCUT2D eigenvalue weighted by Crippen LogP contribution is -2.49. The molecule has 1 unspecified atom stereocenters. The van der Waals surface area contributed by atoms with E-state index in [9.17, 15) is 9.59 Å². The molecule has 1 aromatic carbocycles. The molecule has 0 saturated carbocycles. The van der Waals surface area contributed by atoms with Gasteiger partial charge in [0, 0.05) is 24.4 Å². The van der Waals surface area contributed by atoms with Crippen LogP contribution in [0.25, 0.3) is 0 Å². The predicted molar refractivity (Wildman–Crippen MR) is 77.1 cm³/mol. The standard InChI is InChI=1S/C15H19N3O2/c1-11-7-8-13(15(20)18-11)16-9-10-17-14(19)12-5-3-2-4-6-12/h2-6,13,16H,1,7-10H2,(H,17,19)(H,18,20). The van der Waals surface area contributed by atoms with Crippen molar-refractivity contribution in [3.63, 3.8) is 0 Å². The van der Waals surface area contributed by atoms with Gasteiger partial charge < -0.3 is 16.0 Å². The average molecular weight is 273 g/mol. The number of rotatable bonds is 5. The molecule has 1 aliphatic heterocycles. The van der Waals surface area contributed by atoms with Crippen molar-refractivity contribution in [2.45, 2.75) is 18.9 Å². The molecular formula is C15H19N3O2. The molecule has 1 aliphatic rings. The van der Waals surface area contributed by atoms with Gasteiger partial charge in [-0.25, -0.2) is 0 Å². The molecule has 2 amide bonds. The molecule has 20 heavy (non-hydrogen) atoms. The molecule has 1 fully saturated rings. The van der Waals surface area contributed by atoms with Crippen LogP contribution in [0.3, 0.4) is 0 Å². The largest absolute Gasteiger partial charge is 0.351 e. The zero-order valence-corrected chi connectivity index (χ0v) is 11.3. The van der Waals surface area contributed by atoms with Gasteiger partial charge >= 0.3 is 0 Å². The highest BCUT2D eigenvalue weighted by Crippen LogP contribution is 2.09. The highest BCUT2D eigenvalue weighted by molar-refractivity contribution is 5.94. The van der Waals surface area contributed by atoms with Crippen LogP contribution in [0.1, 0.15) is 23.2 Å². The fourth-order valence-corrected chi connectivity index (χ4v) is 2.08. The summed E-state index contributed by atoms with van der Waals surface area (Å²) in [6.07, 6.45) is 1.54. The molecule has 1 heterocycles. The Morgan fingerprint density at radius 3 is 2.75 bits per heavy atom. The second-order valence-corrected chi connectivity index (χ2v) is 4.76. The van der Waals surface area contributed by atoms with Crippen LogP contribution in [0.15, 0.2) is 42.6 Å². The van der Waals surface area contributed by atoms with Gasteiger partial charge in [0.15, 0.2) is 0 Å². The molecule has 5 heteroatoms. The summed E-state index contributed by atoms with van der Waals surface area (Å²) in [4.78, 5) is 23.4. The van der Waals surface area contributed by atoms with Crippen LogP contribution in [0.4, 0.5) is 0 Å². The summed E-state index contributed by atoms with van der Waals surface area (Å²) in [5.41, 5.74) is 1.41. The van der Waals surface area contributed by atoms with Gasteiger partial charge in [-0.3, -0.25) is 9.59 Å². The third kappa shape index (κ3) is 3.93. The quantitative estimate of drug-likeness (QED) is 0.695. The zero-order chi connectivity index (χ0) is 14.4. The van der Waals surface area contributed by atoms with Crippen molar-refractivity contribution in [1.82, 2.24) is 16.0 Å². The van der Waals surface area contributed by atoms with E-state index in [1.165, 1.54) is 0 Å². The van der Waals surface area contributed by atoms with E-state index in [0.717, 1.165) is 18.5 Å². The van der Waals surface area contributed by atoms with Gasteiger partial charge in [0.2, 0.25) is 5.91 Å². The minimum atomic E-state index is -0.200. The summed E-state index contributed by atoms with van der Waals surface area (Å²) < 4.78 is 0. The molecule has 1 aromatic rings. The van der Waals surface area contributed by atoms with Crippen LogP contribution in [-0.2, 0) is 4.79 Å². The summed E-state index contributed by atoms with van der Waals surface area (Å²) >= 11 is 0. The van der Waals surface area contributed by atoms with Crippen molar-refractivity contribution in [2.75, 3.05) is 13.1 Å². The van der Waals surface area contributed by atoms with E-state index >= 15 is 0 Å². The lowest BCUT2D eigenvalue weighted by Gasteiger charge is -2.24. The van der Waals surface area contributed by atoms with E-state index in [4.69, 9.17) is 0 Å². The lowest BCUT2D eigenvalue weighted by molar-refractivity contribution is -0.123. The van der Waals surface area contributed by atoms with Gasteiger partial charge in [0.25, 0.3) is 5.91 Å². The molecule has 0 bridgehead atoms. The number of carbonyl (C=O) groups excluding carboxylic acids is 2. The highest BCUT2D eigenvalue weighted by Gasteiger charge is 2.22. The third-order valence-corrected chi connectivity index (χ3v) is 3.19. The van der Waals surface area contributed by atoms with Crippen LogP contribution < -0.4 is 16.0 Å². The monoisotopic (exact) mass is 273 g/mol. The Kier molecular flexibility index (Phi) is 4.90. The Morgan fingerprint density at radius 2 is 2.05 bits per heavy atom. The van der Waals surface area contributed by atoms with E-state index in [0.29, 0.717) is 18.7 Å². The molecule has 0 aromatic heterocycles. The molecule has 3 N–H and O–H groups in total. The van der Waals surface area contributed by atoms with E-state index in [1.807, 2.05) is 18.2 Å². The fourth-order valence-electron chi connectivity index (χ4n) is 2.08. The Labute approximate surface area is 118 Å². The zero-order valence-electron chi connectivity index (χ0n) is 11.3. The first-order valence-corrected chi connectivity index (χ1v) is 6.72. The Bertz CT molecular complexity index is 499. The molecule has 106 valence electrons. The van der Waals surface area contributed by atoms with E-state index in [2.05, 4.69) is 22.5 Å². The first-order chi connectivity index (χ1) is 9.66. The summed E-state index contributed by atoms with van der Waals surface area (Å²) in [6.45, 7) is 4.78. The molecule has 0 aliphatic carbocycles. The maximum atomic E-state index is 11.8. The maximum absolute atomic E-state index is 11.8. The first-order valence-electron chi connectivity index (χ1n) is 6.72. The highest BCUT2D eigenvalue weighted by atomic mass is 16.2. The number of benzene rings is 1. The summed E-state index contributed by atoms with van der Waals surface area (Å²) in [7, 11) is 0. The van der Waals surface area contributed by atoms with E-state index < -0.39 is 0 Å². The second-order valence-electron chi connectivity index (χ2n) is 4.76. The topological polar surface area (TPSA) is 70.2 Å². The number of hydrogen-bond acceptors (Lipinski definition) is 3. The number of amides is 2. The van der Waals surface area contributed by atoms with E-state index in [1.54, 1.807) is 12.1 Å². The minimum absolute atomic E-state index is 0.0457. The van der Waals surface area contributed by atoms with Crippen LogP contribution in [0, 0.1) is 0 Å². The SMILES string of the molecule is C=C1CCC(NCCNC(=O)c2ccccc2)C(=O)N1. The Hall–Kier alpha value is -2.14. The number of allylic oxidation sites excluding steroid dienone is 1. The van der Waals surface area contributed by atoms with Gasteiger partial charge in [0.1, 0.15) is 0 Å². The van der Waals surface area contributed by atoms with Crippen LogP contribution in [-0.4, -0.2) is 30.9 Å². The molecule has 0 spiro atoms. The third-order valence-electron chi connectivity index (χ3n) is 3.19. The van der Waals surface area contributed by atoms with Crippen molar-refractivity contribution in [3.8, 4) is 0 Å². The Balaban J connectivity index is 1.68. The maximum Gasteiger partial charge on any atom is 0.251 e. The number of nitrogens with one attached hydrogen (secondary N) is 3. The molecule has 1 saturated heterocycles. The average Bonchev–Trinajstić information content (AvgIpc) is 2.46. The van der Waals surface area contributed by atoms with Crippen molar-refractivity contribution in [3.05, 3.63) is 48.2 Å². The van der Waals surface area contributed by atoms with Crippen molar-refractivity contribution < 1.29 is 9.59 Å². The minimum Gasteiger partial charge on any atom is -0.351 e. The van der Waals surface area contributed by atoms with Gasteiger partial charge in [-0.2, -0.15) is 0 Å². The smallest absolute Gasteiger partial charge is 0.251 e. The summed E-state index contributed by atoms with van der Waals surface area (Å²) in [6, 6.07) is 8.85. The van der Waals surface area contributed by atoms with Gasteiger partial charge in [0.05, 0.1) is 6.04 Å². The Morgan fingerprint density at radius 1 is 1.30 bits per heavy atom. The normalized spacial score (nSPS) is 18.5. The lowest BCUT2D eigenvalue weighted by atomic mass is 10.0. The summed E-state index contributed by atoms with van der Waals surface area (Å²) in [5, 5.41) is 8.66. The van der Waals surface area contributed by atoms with Gasteiger partial charge in [-0.1, -0.05) is 24.8 Å². The van der Waals surface area contributed by atoms with Gasteiger partial charge in [-0.15, -0.1) is 0 Å². The second kappa shape index (κ2) is 6.86. The first kappa shape index (κ1) is 14.3. The molecule has 0 radical (unpaired) electrons.